The van der Waals surface area contributed by atoms with Crippen LogP contribution in [0.25, 0.3) is 21.1 Å². The zero-order valence-corrected chi connectivity index (χ0v) is 7.99. The molecule has 3 rings (SSSR count). The Kier molecular flexibility index (Phi) is 1.46. The van der Waals surface area contributed by atoms with Gasteiger partial charge in [-0.3, -0.25) is 0 Å². The van der Waals surface area contributed by atoms with Crippen LogP contribution < -0.4 is 4.73 Å². The molecule has 0 aliphatic rings. The Morgan fingerprint density at radius 1 is 1.36 bits per heavy atom. The fraction of sp³-hybridized carbons (Fsp3) is 0. The molecule has 0 N–H and O–H groups in total. The maximum absolute atomic E-state index is 11.6. The summed E-state index contributed by atoms with van der Waals surface area (Å²) in [5, 5.41) is 14.6. The Morgan fingerprint density at radius 2 is 2.29 bits per heavy atom. The summed E-state index contributed by atoms with van der Waals surface area (Å²) < 4.78 is 1.85. The number of hydrogen-bond acceptors (Lipinski definition) is 3. The number of aromatic nitrogens is 2. The minimum absolute atomic E-state index is 0.624. The number of nitrogens with zero attached hydrogens (tertiary/aromatic N) is 2. The van der Waals surface area contributed by atoms with Gasteiger partial charge in [-0.25, -0.2) is 4.98 Å². The quantitative estimate of drug-likeness (QED) is 0.413. The zero-order chi connectivity index (χ0) is 9.54. The van der Waals surface area contributed by atoms with Gasteiger partial charge in [0.15, 0.2) is 6.20 Å². The molecule has 3 aromatic rings. The maximum atomic E-state index is 11.6. The van der Waals surface area contributed by atoms with Crippen molar-refractivity contribution < 1.29 is 4.73 Å². The molecule has 3 heterocycles. The highest BCUT2D eigenvalue weighted by Gasteiger charge is 2.09. The molecular weight excluding hydrogens is 196 g/mol. The normalized spacial score (nSPS) is 11.1. The zero-order valence-electron chi connectivity index (χ0n) is 7.18. The third-order valence-electron chi connectivity index (χ3n) is 2.21. The number of rotatable bonds is 0. The Labute approximate surface area is 83.8 Å². The van der Waals surface area contributed by atoms with Gasteiger partial charge in [0.1, 0.15) is 10.2 Å². The summed E-state index contributed by atoms with van der Waals surface area (Å²) in [7, 11) is 0. The molecule has 0 amide bonds. The highest BCUT2D eigenvalue weighted by Crippen LogP contribution is 2.24. The fourth-order valence-corrected chi connectivity index (χ4v) is 2.37. The van der Waals surface area contributed by atoms with Crippen LogP contribution in [-0.4, -0.2) is 4.98 Å². The van der Waals surface area contributed by atoms with E-state index in [1.807, 2.05) is 11.4 Å². The first-order valence-electron chi connectivity index (χ1n) is 4.20. The fourth-order valence-electron chi connectivity index (χ4n) is 1.57. The summed E-state index contributed by atoms with van der Waals surface area (Å²) in [5.41, 5.74) is 1.40. The molecule has 0 atom stereocenters. The van der Waals surface area contributed by atoms with Gasteiger partial charge in [0, 0.05) is 17.6 Å². The Bertz CT molecular complexity index is 618. The molecule has 68 valence electrons. The van der Waals surface area contributed by atoms with Crippen LogP contribution in [0.5, 0.6) is 0 Å². The standard InChI is InChI=1S/C10H6N2OS/c13-12-6-9-7(3-5-14-9)10-8(12)2-1-4-11-10/h1-6H. The Balaban J connectivity index is 2.67. The number of fused-ring (bicyclic) bond motifs is 3. The van der Waals surface area contributed by atoms with Crippen LogP contribution in [-0.2, 0) is 0 Å². The molecule has 14 heavy (non-hydrogen) atoms. The molecular formula is C10H6N2OS. The highest BCUT2D eigenvalue weighted by atomic mass is 32.1. The van der Waals surface area contributed by atoms with E-state index in [-0.39, 0.29) is 0 Å². The Hall–Kier alpha value is -1.68. The van der Waals surface area contributed by atoms with Gasteiger partial charge in [0.25, 0.3) is 0 Å². The van der Waals surface area contributed by atoms with E-state index in [4.69, 9.17) is 0 Å². The minimum atomic E-state index is 0.624. The highest BCUT2D eigenvalue weighted by molar-refractivity contribution is 7.17. The van der Waals surface area contributed by atoms with E-state index in [0.717, 1.165) is 20.3 Å². The number of hydrogen-bond donors (Lipinski definition) is 0. The molecule has 0 fully saturated rings. The second-order valence-corrected chi connectivity index (χ2v) is 3.97. The van der Waals surface area contributed by atoms with E-state index in [0.29, 0.717) is 5.52 Å². The van der Waals surface area contributed by atoms with Gasteiger partial charge >= 0.3 is 0 Å². The van der Waals surface area contributed by atoms with Gasteiger partial charge in [-0.15, -0.1) is 11.3 Å². The third-order valence-corrected chi connectivity index (χ3v) is 3.06. The minimum Gasteiger partial charge on any atom is -0.618 e. The number of thiophene rings is 1. The average Bonchev–Trinajstić information content (AvgIpc) is 2.66. The molecule has 3 nitrogen and oxygen atoms in total. The topological polar surface area (TPSA) is 39.8 Å². The molecule has 0 unspecified atom stereocenters. The molecule has 0 spiro atoms. The summed E-state index contributed by atoms with van der Waals surface area (Å²) in [5.74, 6) is 0. The predicted octanol–water partition coefficient (Wildman–Crippen LogP) is 2.08. The van der Waals surface area contributed by atoms with Crippen LogP contribution in [0.2, 0.25) is 0 Å². The lowest BCUT2D eigenvalue weighted by Crippen LogP contribution is -2.26. The van der Waals surface area contributed by atoms with E-state index in [1.54, 1.807) is 35.9 Å². The Morgan fingerprint density at radius 3 is 3.21 bits per heavy atom. The van der Waals surface area contributed by atoms with Crippen LogP contribution >= 0.6 is 11.3 Å². The molecule has 0 aliphatic heterocycles. The first-order valence-corrected chi connectivity index (χ1v) is 5.08. The second-order valence-electron chi connectivity index (χ2n) is 3.02. The van der Waals surface area contributed by atoms with E-state index in [1.165, 1.54) is 0 Å². The van der Waals surface area contributed by atoms with E-state index < -0.39 is 0 Å². The summed E-state index contributed by atoms with van der Waals surface area (Å²) in [4.78, 5) is 4.23. The van der Waals surface area contributed by atoms with Crippen LogP contribution in [0.3, 0.4) is 0 Å². The lowest BCUT2D eigenvalue weighted by molar-refractivity contribution is -0.575. The van der Waals surface area contributed by atoms with Gasteiger partial charge in [-0.05, 0) is 17.5 Å². The lowest BCUT2D eigenvalue weighted by atomic mass is 10.2. The van der Waals surface area contributed by atoms with Gasteiger partial charge < -0.3 is 5.21 Å². The molecule has 0 aliphatic carbocycles. The van der Waals surface area contributed by atoms with E-state index >= 15 is 0 Å². The molecule has 0 saturated heterocycles. The predicted molar refractivity (Wildman–Crippen MR) is 56.1 cm³/mol. The van der Waals surface area contributed by atoms with E-state index in [9.17, 15) is 5.21 Å². The smallest absolute Gasteiger partial charge is 0.243 e. The van der Waals surface area contributed by atoms with Crippen molar-refractivity contribution >= 4 is 32.5 Å². The van der Waals surface area contributed by atoms with E-state index in [2.05, 4.69) is 4.98 Å². The van der Waals surface area contributed by atoms with Gasteiger partial charge in [0.2, 0.25) is 5.52 Å². The van der Waals surface area contributed by atoms with Crippen molar-refractivity contribution in [1.29, 1.82) is 0 Å². The van der Waals surface area contributed by atoms with Crippen LogP contribution in [0.4, 0.5) is 0 Å². The average molecular weight is 202 g/mol. The summed E-state index contributed by atoms with van der Waals surface area (Å²) in [6, 6.07) is 5.55. The van der Waals surface area contributed by atoms with Crippen LogP contribution in [0, 0.1) is 5.21 Å². The molecule has 0 aromatic carbocycles. The first kappa shape index (κ1) is 7.70. The second kappa shape index (κ2) is 2.65. The van der Waals surface area contributed by atoms with Gasteiger partial charge in [-0.1, -0.05) is 0 Å². The lowest BCUT2D eigenvalue weighted by Gasteiger charge is -2.00. The maximum Gasteiger partial charge on any atom is 0.243 e. The van der Waals surface area contributed by atoms with Crippen molar-refractivity contribution in [2.75, 3.05) is 0 Å². The SMILES string of the molecule is [O-][n+]1cc2sccc2c2ncccc21. The largest absolute Gasteiger partial charge is 0.618 e. The molecule has 0 bridgehead atoms. The summed E-state index contributed by atoms with van der Waals surface area (Å²) in [6.07, 6.45) is 3.31. The molecule has 3 aromatic heterocycles. The van der Waals surface area contributed by atoms with Crippen molar-refractivity contribution in [3.8, 4) is 0 Å². The summed E-state index contributed by atoms with van der Waals surface area (Å²) >= 11 is 1.56. The van der Waals surface area contributed by atoms with Crippen LogP contribution in [0.1, 0.15) is 0 Å². The van der Waals surface area contributed by atoms with Crippen LogP contribution in [0.15, 0.2) is 36.0 Å². The number of pyridine rings is 2. The van der Waals surface area contributed by atoms with Gasteiger partial charge in [-0.2, -0.15) is 4.73 Å². The van der Waals surface area contributed by atoms with Crippen molar-refractivity contribution in [2.45, 2.75) is 0 Å². The monoisotopic (exact) mass is 202 g/mol. The van der Waals surface area contributed by atoms with Crippen molar-refractivity contribution in [3.05, 3.63) is 41.2 Å². The van der Waals surface area contributed by atoms with Crippen molar-refractivity contribution in [1.82, 2.24) is 4.98 Å². The van der Waals surface area contributed by atoms with Crippen molar-refractivity contribution in [3.63, 3.8) is 0 Å². The first-order chi connectivity index (χ1) is 6.86. The molecule has 0 saturated carbocycles. The van der Waals surface area contributed by atoms with Gasteiger partial charge in [0.05, 0.1) is 0 Å². The summed E-state index contributed by atoms with van der Waals surface area (Å²) in [6.45, 7) is 0. The molecule has 4 heteroatoms. The van der Waals surface area contributed by atoms with Crippen molar-refractivity contribution in [2.24, 2.45) is 0 Å². The molecule has 0 radical (unpaired) electrons. The third kappa shape index (κ3) is 0.914.